The van der Waals surface area contributed by atoms with Crippen LogP contribution in [0.1, 0.15) is 24.6 Å². The standard InChI is InChI=1S/C22H25N5O5/c1-6-32-17(28)9-10-25-20(29)18-19(24(4)22(25)30)23-21-26(18)12-14(3)27(21)15-11-13(2)7-8-16(15)31-5/h7-8,11-12H,6,9-10H2,1-5H3. The molecule has 4 aromatic rings. The summed E-state index contributed by atoms with van der Waals surface area (Å²) >= 11 is 0. The lowest BCUT2D eigenvalue weighted by atomic mass is 10.2. The van der Waals surface area contributed by atoms with Crippen LogP contribution in [0.2, 0.25) is 0 Å². The van der Waals surface area contributed by atoms with Crippen LogP contribution < -0.4 is 16.0 Å². The van der Waals surface area contributed by atoms with Gasteiger partial charge in [-0.2, -0.15) is 4.98 Å². The van der Waals surface area contributed by atoms with Gasteiger partial charge in [-0.25, -0.2) is 4.79 Å². The topological polar surface area (TPSA) is 102 Å². The zero-order valence-electron chi connectivity index (χ0n) is 18.7. The minimum atomic E-state index is -0.538. The third-order valence-corrected chi connectivity index (χ3v) is 5.45. The van der Waals surface area contributed by atoms with Crippen molar-refractivity contribution in [2.24, 2.45) is 7.05 Å². The number of ether oxygens (including phenoxy) is 2. The minimum absolute atomic E-state index is 0.0705. The molecule has 0 unspecified atom stereocenters. The van der Waals surface area contributed by atoms with Crippen LogP contribution in [0.25, 0.3) is 22.6 Å². The number of carbonyl (C=O) groups excluding carboxylic acids is 1. The van der Waals surface area contributed by atoms with Crippen LogP contribution in [0.5, 0.6) is 5.75 Å². The molecule has 0 saturated carbocycles. The predicted molar refractivity (Wildman–Crippen MR) is 119 cm³/mol. The monoisotopic (exact) mass is 439 g/mol. The molecule has 1 aromatic carbocycles. The number of carbonyl (C=O) groups is 1. The lowest BCUT2D eigenvalue weighted by Gasteiger charge is -2.12. The Kier molecular flexibility index (Phi) is 5.37. The fourth-order valence-electron chi connectivity index (χ4n) is 3.92. The second kappa shape index (κ2) is 8.03. The molecule has 0 saturated heterocycles. The van der Waals surface area contributed by atoms with Crippen LogP contribution in [-0.2, 0) is 23.1 Å². The third kappa shape index (κ3) is 3.28. The van der Waals surface area contributed by atoms with Crippen LogP contribution in [-0.4, -0.2) is 42.8 Å². The average Bonchev–Trinajstić information content (AvgIpc) is 3.26. The molecule has 0 atom stereocenters. The molecule has 0 aliphatic rings. The maximum atomic E-state index is 13.3. The van der Waals surface area contributed by atoms with E-state index < -0.39 is 17.2 Å². The van der Waals surface area contributed by atoms with E-state index in [1.807, 2.05) is 36.6 Å². The van der Waals surface area contributed by atoms with Gasteiger partial charge in [0.05, 0.1) is 25.8 Å². The van der Waals surface area contributed by atoms with Crippen LogP contribution in [0.3, 0.4) is 0 Å². The van der Waals surface area contributed by atoms with Crippen molar-refractivity contribution >= 4 is 22.9 Å². The van der Waals surface area contributed by atoms with E-state index in [1.165, 1.54) is 4.57 Å². The molecule has 3 aromatic heterocycles. The Morgan fingerprint density at radius 2 is 1.94 bits per heavy atom. The number of methoxy groups -OCH3 is 1. The number of benzene rings is 1. The predicted octanol–water partition coefficient (Wildman–Crippen LogP) is 1.72. The third-order valence-electron chi connectivity index (χ3n) is 5.45. The Morgan fingerprint density at radius 3 is 2.62 bits per heavy atom. The number of imidazole rings is 2. The largest absolute Gasteiger partial charge is 0.495 e. The Bertz CT molecular complexity index is 1470. The summed E-state index contributed by atoms with van der Waals surface area (Å²) in [4.78, 5) is 42.5. The van der Waals surface area contributed by atoms with Gasteiger partial charge in [0.1, 0.15) is 5.75 Å². The molecule has 0 radical (unpaired) electrons. The van der Waals surface area contributed by atoms with Crippen molar-refractivity contribution in [2.45, 2.75) is 33.7 Å². The summed E-state index contributed by atoms with van der Waals surface area (Å²) in [7, 11) is 3.15. The molecule has 0 aliphatic heterocycles. The first-order chi connectivity index (χ1) is 15.3. The van der Waals surface area contributed by atoms with Crippen molar-refractivity contribution in [2.75, 3.05) is 13.7 Å². The van der Waals surface area contributed by atoms with Gasteiger partial charge in [-0.15, -0.1) is 0 Å². The maximum Gasteiger partial charge on any atom is 0.332 e. The molecular formula is C22H25N5O5. The molecule has 168 valence electrons. The van der Waals surface area contributed by atoms with E-state index in [9.17, 15) is 14.4 Å². The van der Waals surface area contributed by atoms with E-state index in [2.05, 4.69) is 4.98 Å². The van der Waals surface area contributed by atoms with Gasteiger partial charge in [0, 0.05) is 25.5 Å². The first kappa shape index (κ1) is 21.4. The summed E-state index contributed by atoms with van der Waals surface area (Å²) in [5.41, 5.74) is 2.14. The molecule has 0 N–H and O–H groups in total. The minimum Gasteiger partial charge on any atom is -0.495 e. The zero-order valence-corrected chi connectivity index (χ0v) is 18.7. The second-order valence-corrected chi connectivity index (χ2v) is 7.59. The van der Waals surface area contributed by atoms with Crippen molar-refractivity contribution in [1.82, 2.24) is 23.1 Å². The number of hydrogen-bond donors (Lipinski definition) is 0. The molecule has 0 aliphatic carbocycles. The number of aromatic nitrogens is 5. The van der Waals surface area contributed by atoms with Gasteiger partial charge >= 0.3 is 11.7 Å². The second-order valence-electron chi connectivity index (χ2n) is 7.59. The normalized spacial score (nSPS) is 11.4. The summed E-state index contributed by atoms with van der Waals surface area (Å²) in [6, 6.07) is 5.80. The van der Waals surface area contributed by atoms with Gasteiger partial charge < -0.3 is 9.47 Å². The van der Waals surface area contributed by atoms with Crippen molar-refractivity contribution in [3.8, 4) is 11.4 Å². The lowest BCUT2D eigenvalue weighted by molar-refractivity contribution is -0.143. The molecule has 0 bridgehead atoms. The van der Waals surface area contributed by atoms with Crippen molar-refractivity contribution in [3.63, 3.8) is 0 Å². The lowest BCUT2D eigenvalue weighted by Crippen LogP contribution is -2.39. The van der Waals surface area contributed by atoms with E-state index in [0.717, 1.165) is 21.5 Å². The summed E-state index contributed by atoms with van der Waals surface area (Å²) < 4.78 is 16.4. The number of nitrogens with zero attached hydrogens (tertiary/aromatic N) is 5. The maximum absolute atomic E-state index is 13.3. The highest BCUT2D eigenvalue weighted by atomic mass is 16.5. The molecule has 0 spiro atoms. The molecule has 10 nitrogen and oxygen atoms in total. The van der Waals surface area contributed by atoms with Gasteiger partial charge in [-0.3, -0.25) is 27.7 Å². The number of esters is 1. The van der Waals surface area contributed by atoms with Gasteiger partial charge in [0.15, 0.2) is 11.2 Å². The molecule has 0 fully saturated rings. The van der Waals surface area contributed by atoms with E-state index in [0.29, 0.717) is 11.5 Å². The quantitative estimate of drug-likeness (QED) is 0.424. The highest BCUT2D eigenvalue weighted by Crippen LogP contribution is 2.28. The van der Waals surface area contributed by atoms with E-state index in [-0.39, 0.29) is 30.7 Å². The van der Waals surface area contributed by atoms with Crippen molar-refractivity contribution in [1.29, 1.82) is 0 Å². The Morgan fingerprint density at radius 1 is 1.19 bits per heavy atom. The van der Waals surface area contributed by atoms with Crippen LogP contribution in [0, 0.1) is 13.8 Å². The molecule has 3 heterocycles. The SMILES string of the molecule is CCOC(=O)CCn1c(=O)c2c(nc3n(-c4cc(C)ccc4OC)c(C)cn23)n(C)c1=O. The van der Waals surface area contributed by atoms with Crippen molar-refractivity contribution in [3.05, 3.63) is 56.5 Å². The van der Waals surface area contributed by atoms with Gasteiger partial charge in [-0.1, -0.05) is 6.07 Å². The van der Waals surface area contributed by atoms with E-state index in [1.54, 1.807) is 31.7 Å². The smallest absolute Gasteiger partial charge is 0.332 e. The number of fused-ring (bicyclic) bond motifs is 3. The first-order valence-electron chi connectivity index (χ1n) is 10.3. The fraction of sp³-hybridized carbons (Fsp3) is 0.364. The van der Waals surface area contributed by atoms with E-state index >= 15 is 0 Å². The number of hydrogen-bond acceptors (Lipinski definition) is 6. The Balaban J connectivity index is 1.97. The summed E-state index contributed by atoms with van der Waals surface area (Å²) in [5, 5.41) is 0. The molecule has 0 amide bonds. The molecule has 10 heteroatoms. The summed E-state index contributed by atoms with van der Waals surface area (Å²) in [5.74, 6) is 0.676. The highest BCUT2D eigenvalue weighted by molar-refractivity contribution is 5.77. The summed E-state index contributed by atoms with van der Waals surface area (Å²) in [6.07, 6.45) is 1.73. The van der Waals surface area contributed by atoms with E-state index in [4.69, 9.17) is 9.47 Å². The fourth-order valence-corrected chi connectivity index (χ4v) is 3.92. The molecule has 32 heavy (non-hydrogen) atoms. The number of rotatable bonds is 6. The van der Waals surface area contributed by atoms with Crippen LogP contribution in [0.15, 0.2) is 34.0 Å². The summed E-state index contributed by atoms with van der Waals surface area (Å²) in [6.45, 7) is 5.76. The van der Waals surface area contributed by atoms with Crippen molar-refractivity contribution < 1.29 is 14.3 Å². The van der Waals surface area contributed by atoms with Gasteiger partial charge in [0.2, 0.25) is 5.78 Å². The molecule has 4 rings (SSSR count). The number of aryl methyl sites for hydroxylation is 3. The highest BCUT2D eigenvalue weighted by Gasteiger charge is 2.22. The Labute approximate surface area is 183 Å². The van der Waals surface area contributed by atoms with Gasteiger partial charge in [-0.05, 0) is 38.5 Å². The van der Waals surface area contributed by atoms with Crippen LogP contribution >= 0.6 is 0 Å². The van der Waals surface area contributed by atoms with Gasteiger partial charge in [0.25, 0.3) is 5.56 Å². The first-order valence-corrected chi connectivity index (χ1v) is 10.3. The Hall–Kier alpha value is -3.82. The zero-order chi connectivity index (χ0) is 23.2. The van der Waals surface area contributed by atoms with Crippen LogP contribution in [0.4, 0.5) is 0 Å². The average molecular weight is 439 g/mol. The molecular weight excluding hydrogens is 414 g/mol.